The largest absolute Gasteiger partial charge is 0.461 e. The van der Waals surface area contributed by atoms with Crippen LogP contribution in [0.3, 0.4) is 0 Å². The first-order valence-electron chi connectivity index (χ1n) is 13.8. The molecule has 35 heavy (non-hydrogen) atoms. The normalized spacial score (nSPS) is 18.2. The Bertz CT molecular complexity index is 621. The van der Waals surface area contributed by atoms with Gasteiger partial charge in [-0.05, 0) is 104 Å². The number of carbonyl (C=O) groups is 2. The smallest absolute Gasteiger partial charge is 0.307 e. The van der Waals surface area contributed by atoms with Crippen LogP contribution in [0.5, 0.6) is 0 Å². The van der Waals surface area contributed by atoms with Gasteiger partial charge in [-0.25, -0.2) is 0 Å². The van der Waals surface area contributed by atoms with Gasteiger partial charge in [0, 0.05) is 13.1 Å². The number of esters is 2. The zero-order valence-corrected chi connectivity index (χ0v) is 22.9. The number of piperidine rings is 2. The third-order valence-electron chi connectivity index (χ3n) is 7.38. The summed E-state index contributed by atoms with van der Waals surface area (Å²) >= 11 is 0. The van der Waals surface area contributed by atoms with Crippen molar-refractivity contribution in [2.24, 2.45) is 11.8 Å². The van der Waals surface area contributed by atoms with Crippen molar-refractivity contribution in [1.82, 2.24) is 9.80 Å². The van der Waals surface area contributed by atoms with Gasteiger partial charge in [-0.3, -0.25) is 9.59 Å². The summed E-state index contributed by atoms with van der Waals surface area (Å²) < 4.78 is 10.5. The van der Waals surface area contributed by atoms with Gasteiger partial charge in [0.2, 0.25) is 0 Å². The standard InChI is InChI=1S/C29H50N2O4/c1-24(2)14-22-34-28(32)12-20-30-16-8-26(9-17-30)6-5-7-27-10-18-31(19-11-27)21-13-29(33)35-23-15-25(3)4/h14-15,26-27H,5-13,16-23H2,1-4H3. The fourth-order valence-corrected chi connectivity index (χ4v) is 4.94. The monoisotopic (exact) mass is 490 g/mol. The molecule has 2 aliphatic rings. The molecule has 0 amide bonds. The Morgan fingerprint density at radius 1 is 0.686 bits per heavy atom. The van der Waals surface area contributed by atoms with Crippen molar-refractivity contribution in [3.05, 3.63) is 23.3 Å². The lowest BCUT2D eigenvalue weighted by Gasteiger charge is -2.33. The lowest BCUT2D eigenvalue weighted by Crippen LogP contribution is -2.36. The second kappa shape index (κ2) is 16.9. The number of rotatable bonds is 14. The summed E-state index contributed by atoms with van der Waals surface area (Å²) in [5.74, 6) is 1.51. The summed E-state index contributed by atoms with van der Waals surface area (Å²) in [5.41, 5.74) is 2.35. The fourth-order valence-electron chi connectivity index (χ4n) is 4.94. The quantitative estimate of drug-likeness (QED) is 0.241. The highest BCUT2D eigenvalue weighted by Crippen LogP contribution is 2.27. The molecular weight excluding hydrogens is 440 g/mol. The molecule has 2 saturated heterocycles. The second-order valence-corrected chi connectivity index (χ2v) is 10.9. The lowest BCUT2D eigenvalue weighted by atomic mass is 9.87. The SMILES string of the molecule is CC(C)=CCOC(=O)CCN1CCC(CCCC2CCN(CCC(=O)OCC=C(C)C)CC2)CC1. The highest BCUT2D eigenvalue weighted by atomic mass is 16.5. The van der Waals surface area contributed by atoms with Crippen LogP contribution < -0.4 is 0 Å². The van der Waals surface area contributed by atoms with Gasteiger partial charge in [0.05, 0.1) is 12.8 Å². The topological polar surface area (TPSA) is 59.1 Å². The molecule has 2 heterocycles. The van der Waals surface area contributed by atoms with Crippen molar-refractivity contribution in [2.75, 3.05) is 52.5 Å². The maximum Gasteiger partial charge on any atom is 0.307 e. The zero-order valence-electron chi connectivity index (χ0n) is 22.9. The van der Waals surface area contributed by atoms with Crippen molar-refractivity contribution in [2.45, 2.75) is 85.5 Å². The molecule has 0 bridgehead atoms. The maximum absolute atomic E-state index is 11.9. The van der Waals surface area contributed by atoms with E-state index in [1.54, 1.807) is 0 Å². The number of allylic oxidation sites excluding steroid dienone is 2. The van der Waals surface area contributed by atoms with Gasteiger partial charge in [-0.15, -0.1) is 0 Å². The van der Waals surface area contributed by atoms with Crippen LogP contribution in [-0.2, 0) is 19.1 Å². The Balaban J connectivity index is 1.47. The van der Waals surface area contributed by atoms with Gasteiger partial charge >= 0.3 is 11.9 Å². The molecule has 0 spiro atoms. The Morgan fingerprint density at radius 2 is 1.06 bits per heavy atom. The van der Waals surface area contributed by atoms with Gasteiger partial charge in [0.25, 0.3) is 0 Å². The fraction of sp³-hybridized carbons (Fsp3) is 0.793. The molecule has 0 aliphatic carbocycles. The maximum atomic E-state index is 11.9. The number of hydrogen-bond acceptors (Lipinski definition) is 6. The molecule has 6 nitrogen and oxygen atoms in total. The van der Waals surface area contributed by atoms with Gasteiger partial charge in [-0.1, -0.05) is 30.4 Å². The van der Waals surface area contributed by atoms with E-state index in [4.69, 9.17) is 9.47 Å². The molecule has 0 N–H and O–H groups in total. The van der Waals surface area contributed by atoms with Crippen molar-refractivity contribution in [1.29, 1.82) is 0 Å². The molecule has 0 unspecified atom stereocenters. The minimum absolute atomic E-state index is 0.0879. The predicted octanol–water partition coefficient (Wildman–Crippen LogP) is 5.38. The van der Waals surface area contributed by atoms with Gasteiger partial charge in [0.1, 0.15) is 13.2 Å². The summed E-state index contributed by atoms with van der Waals surface area (Å²) in [5, 5.41) is 0. The van der Waals surface area contributed by atoms with Crippen LogP contribution in [0.1, 0.15) is 85.5 Å². The highest BCUT2D eigenvalue weighted by molar-refractivity contribution is 5.70. The molecule has 0 aromatic rings. The van der Waals surface area contributed by atoms with E-state index < -0.39 is 0 Å². The summed E-state index contributed by atoms with van der Waals surface area (Å²) in [6, 6.07) is 0. The van der Waals surface area contributed by atoms with E-state index in [0.717, 1.165) is 51.1 Å². The van der Waals surface area contributed by atoms with Crippen LogP contribution in [0.25, 0.3) is 0 Å². The Morgan fingerprint density at radius 3 is 1.40 bits per heavy atom. The number of nitrogens with zero attached hydrogens (tertiary/aromatic N) is 2. The summed E-state index contributed by atoms with van der Waals surface area (Å²) in [7, 11) is 0. The number of ether oxygens (including phenoxy) is 2. The van der Waals surface area contributed by atoms with E-state index in [9.17, 15) is 9.59 Å². The van der Waals surface area contributed by atoms with E-state index in [1.165, 1.54) is 56.1 Å². The van der Waals surface area contributed by atoms with E-state index in [0.29, 0.717) is 26.1 Å². The highest BCUT2D eigenvalue weighted by Gasteiger charge is 2.22. The van der Waals surface area contributed by atoms with E-state index in [1.807, 2.05) is 39.8 Å². The minimum Gasteiger partial charge on any atom is -0.461 e. The van der Waals surface area contributed by atoms with Gasteiger partial charge in [0.15, 0.2) is 0 Å². The summed E-state index contributed by atoms with van der Waals surface area (Å²) in [6.45, 7) is 14.9. The van der Waals surface area contributed by atoms with Gasteiger partial charge < -0.3 is 19.3 Å². The Kier molecular flexibility index (Phi) is 14.3. The van der Waals surface area contributed by atoms with E-state index in [2.05, 4.69) is 9.80 Å². The Hall–Kier alpha value is -1.66. The van der Waals surface area contributed by atoms with Crippen LogP contribution >= 0.6 is 0 Å². The molecule has 6 heteroatoms. The zero-order chi connectivity index (χ0) is 25.5. The molecule has 2 fully saturated rings. The first-order chi connectivity index (χ1) is 16.8. The van der Waals surface area contributed by atoms with Gasteiger partial charge in [-0.2, -0.15) is 0 Å². The van der Waals surface area contributed by atoms with Crippen LogP contribution in [0.4, 0.5) is 0 Å². The molecule has 2 aliphatic heterocycles. The molecule has 0 aromatic heterocycles. The van der Waals surface area contributed by atoms with Crippen molar-refractivity contribution in [3.63, 3.8) is 0 Å². The number of hydrogen-bond donors (Lipinski definition) is 0. The third-order valence-corrected chi connectivity index (χ3v) is 7.38. The third kappa shape index (κ3) is 13.9. The molecule has 0 radical (unpaired) electrons. The molecule has 200 valence electrons. The van der Waals surface area contributed by atoms with Crippen molar-refractivity contribution in [3.8, 4) is 0 Å². The Labute approximate surface area is 214 Å². The lowest BCUT2D eigenvalue weighted by molar-refractivity contribution is -0.143. The first kappa shape index (κ1) is 29.6. The van der Waals surface area contributed by atoms with Crippen LogP contribution in [0.15, 0.2) is 23.3 Å². The second-order valence-electron chi connectivity index (χ2n) is 10.9. The minimum atomic E-state index is -0.0879. The average molecular weight is 491 g/mol. The van der Waals surface area contributed by atoms with Crippen LogP contribution in [-0.4, -0.2) is 74.2 Å². The molecule has 0 saturated carbocycles. The number of likely N-dealkylation sites (tertiary alicyclic amines) is 2. The average Bonchev–Trinajstić information content (AvgIpc) is 2.82. The number of carbonyl (C=O) groups excluding carboxylic acids is 2. The molecular formula is C29H50N2O4. The van der Waals surface area contributed by atoms with Crippen molar-refractivity contribution < 1.29 is 19.1 Å². The van der Waals surface area contributed by atoms with Crippen LogP contribution in [0.2, 0.25) is 0 Å². The molecule has 0 atom stereocenters. The molecule has 0 aromatic carbocycles. The predicted molar refractivity (Wildman–Crippen MR) is 142 cm³/mol. The summed E-state index contributed by atoms with van der Waals surface area (Å²) in [4.78, 5) is 28.6. The van der Waals surface area contributed by atoms with Crippen LogP contribution in [0, 0.1) is 11.8 Å². The summed E-state index contributed by atoms with van der Waals surface area (Å²) in [6.07, 6.45) is 13.9. The molecule has 2 rings (SSSR count). The first-order valence-corrected chi connectivity index (χ1v) is 13.8. The van der Waals surface area contributed by atoms with Crippen molar-refractivity contribution >= 4 is 11.9 Å². The van der Waals surface area contributed by atoms with E-state index >= 15 is 0 Å². The van der Waals surface area contributed by atoms with E-state index in [-0.39, 0.29) is 11.9 Å².